The van der Waals surface area contributed by atoms with E-state index in [9.17, 15) is 26.4 Å². The number of sulfonamides is 2. The van der Waals surface area contributed by atoms with E-state index in [1.165, 1.54) is 32.9 Å². The second-order valence-corrected chi connectivity index (χ2v) is 14.7. The number of carbonyl (C=O) groups excluding carboxylic acids is 2. The number of piperazine rings is 2. The lowest BCUT2D eigenvalue weighted by Gasteiger charge is -2.31. The van der Waals surface area contributed by atoms with E-state index in [2.05, 4.69) is 20.4 Å². The fraction of sp³-hybridized carbons (Fsp3) is 0.357. The Labute approximate surface area is 245 Å². The number of amides is 2. The molecule has 0 radical (unpaired) electrons. The first-order valence-electron chi connectivity index (χ1n) is 13.7. The molecule has 0 saturated carbocycles. The third-order valence-electron chi connectivity index (χ3n) is 8.17. The van der Waals surface area contributed by atoms with Crippen LogP contribution >= 0.6 is 0 Å². The van der Waals surface area contributed by atoms with Gasteiger partial charge in [0.15, 0.2) is 0 Å². The molecule has 2 aromatic rings. The minimum absolute atomic E-state index is 0.143. The topological polar surface area (TPSA) is 139 Å². The maximum absolute atomic E-state index is 13.1. The predicted octanol–water partition coefficient (Wildman–Crippen LogP) is -0.0592. The lowest BCUT2D eigenvalue weighted by Crippen LogP contribution is -2.46. The third kappa shape index (κ3) is 4.97. The van der Waals surface area contributed by atoms with Gasteiger partial charge in [0.05, 0.1) is 32.3 Å². The van der Waals surface area contributed by atoms with E-state index >= 15 is 0 Å². The van der Waals surface area contributed by atoms with Crippen LogP contribution in [-0.2, 0) is 29.6 Å². The monoisotopic (exact) mass is 612 g/mol. The van der Waals surface area contributed by atoms with Gasteiger partial charge in [0.25, 0.3) is 11.8 Å². The van der Waals surface area contributed by atoms with Gasteiger partial charge in [-0.15, -0.1) is 0 Å². The Morgan fingerprint density at radius 3 is 1.14 bits per heavy atom. The first-order valence-corrected chi connectivity index (χ1v) is 16.5. The van der Waals surface area contributed by atoms with Crippen LogP contribution in [0.2, 0.25) is 0 Å². The molecule has 0 aromatic heterocycles. The molecule has 4 aliphatic rings. The lowest BCUT2D eigenvalue weighted by atomic mass is 10.0. The van der Waals surface area contributed by atoms with Crippen molar-refractivity contribution in [3.05, 3.63) is 70.8 Å². The Bertz CT molecular complexity index is 1590. The zero-order chi connectivity index (χ0) is 29.8. The molecule has 2 amide bonds. The van der Waals surface area contributed by atoms with E-state index in [0.717, 1.165) is 0 Å². The zero-order valence-corrected chi connectivity index (χ0v) is 25.0. The fourth-order valence-electron chi connectivity index (χ4n) is 5.56. The first-order chi connectivity index (χ1) is 20.0. The summed E-state index contributed by atoms with van der Waals surface area (Å²) < 4.78 is 55.4. The van der Waals surface area contributed by atoms with E-state index in [0.29, 0.717) is 74.9 Å². The summed E-state index contributed by atoms with van der Waals surface area (Å²) in [6.45, 7) is 4.25. The lowest BCUT2D eigenvalue weighted by molar-refractivity contribution is -0.117. The van der Waals surface area contributed by atoms with E-state index < -0.39 is 31.9 Å². The summed E-state index contributed by atoms with van der Waals surface area (Å²) in [5.74, 6) is -0.951. The number of rotatable bonds is 6. The van der Waals surface area contributed by atoms with Gasteiger partial charge in [0, 0.05) is 52.4 Å². The number of hydrogen-bond acceptors (Lipinski definition) is 8. The Morgan fingerprint density at radius 2 is 0.833 bits per heavy atom. The predicted molar refractivity (Wildman–Crippen MR) is 156 cm³/mol. The molecule has 0 atom stereocenters. The van der Waals surface area contributed by atoms with Gasteiger partial charge in [0.2, 0.25) is 20.0 Å². The summed E-state index contributed by atoms with van der Waals surface area (Å²) in [4.78, 5) is 30.6. The highest BCUT2D eigenvalue weighted by Gasteiger charge is 2.41. The molecular weight excluding hydrogens is 580 g/mol. The van der Waals surface area contributed by atoms with Gasteiger partial charge < -0.3 is 20.4 Å². The van der Waals surface area contributed by atoms with Crippen LogP contribution in [0.4, 0.5) is 0 Å². The van der Waals surface area contributed by atoms with E-state index in [1.54, 1.807) is 24.3 Å². The summed E-state index contributed by atoms with van der Waals surface area (Å²) in [6.07, 6.45) is 0. The largest absolute Gasteiger partial charge is 0.321 e. The van der Waals surface area contributed by atoms with Gasteiger partial charge in [-0.3, -0.25) is 9.59 Å². The molecule has 2 fully saturated rings. The van der Waals surface area contributed by atoms with Crippen molar-refractivity contribution in [2.24, 2.45) is 0 Å². The quantitative estimate of drug-likeness (QED) is 0.463. The van der Waals surface area contributed by atoms with Crippen LogP contribution in [0.15, 0.2) is 69.5 Å². The van der Waals surface area contributed by atoms with Crippen molar-refractivity contribution in [1.29, 1.82) is 0 Å². The molecule has 222 valence electrons. The number of likely N-dealkylation sites (N-methyl/N-ethyl adjacent to an activating group) is 2. The Hall–Kier alpha value is -3.40. The highest BCUT2D eigenvalue weighted by molar-refractivity contribution is 7.89. The Morgan fingerprint density at radius 1 is 0.524 bits per heavy atom. The standard InChI is InChI=1S/C28H32N6O6S2/c1-31-11-15-33(16-12-31)41(37,38)21-7-3-19(4-8-21)25-23-24(28(36)29-25)26(30-27(23)35)20-5-9-22(10-6-20)42(39,40)34-17-13-32(2)14-18-34/h3-10H,11-18H2,1-2H3,(H,29,36)(H,30,35). The average molecular weight is 613 g/mol. The number of carbonyl (C=O) groups is 2. The van der Waals surface area contributed by atoms with Crippen LogP contribution in [0.3, 0.4) is 0 Å². The molecule has 0 unspecified atom stereocenters. The normalized spacial score (nSPS) is 21.6. The van der Waals surface area contributed by atoms with E-state index in [1.807, 2.05) is 14.1 Å². The molecular formula is C28H32N6O6S2. The van der Waals surface area contributed by atoms with Crippen LogP contribution in [0.25, 0.3) is 11.4 Å². The van der Waals surface area contributed by atoms with E-state index in [4.69, 9.17) is 0 Å². The third-order valence-corrected chi connectivity index (χ3v) is 12.0. The minimum atomic E-state index is -3.67. The molecule has 4 aliphatic heterocycles. The molecule has 6 rings (SSSR count). The van der Waals surface area contributed by atoms with Gasteiger partial charge in [-0.1, -0.05) is 24.3 Å². The van der Waals surface area contributed by atoms with Crippen molar-refractivity contribution in [2.45, 2.75) is 9.79 Å². The van der Waals surface area contributed by atoms with Crippen LogP contribution in [0.1, 0.15) is 11.1 Å². The summed E-state index contributed by atoms with van der Waals surface area (Å²) in [5, 5.41) is 5.52. The summed E-state index contributed by atoms with van der Waals surface area (Å²) in [6, 6.07) is 12.3. The smallest absolute Gasteiger partial charge is 0.258 e. The number of nitrogens with one attached hydrogen (secondary N) is 2. The maximum atomic E-state index is 13.1. The van der Waals surface area contributed by atoms with Crippen LogP contribution in [0, 0.1) is 0 Å². The Kier molecular flexibility index (Phi) is 7.32. The highest BCUT2D eigenvalue weighted by Crippen LogP contribution is 2.37. The van der Waals surface area contributed by atoms with Gasteiger partial charge >= 0.3 is 0 Å². The fourth-order valence-corrected chi connectivity index (χ4v) is 8.40. The molecule has 42 heavy (non-hydrogen) atoms. The first kappa shape index (κ1) is 28.7. The highest BCUT2D eigenvalue weighted by atomic mass is 32.2. The van der Waals surface area contributed by atoms with Crippen molar-refractivity contribution in [3.8, 4) is 0 Å². The molecule has 2 aromatic carbocycles. The zero-order valence-electron chi connectivity index (χ0n) is 23.3. The Balaban J connectivity index is 1.27. The van der Waals surface area contributed by atoms with Gasteiger partial charge in [0.1, 0.15) is 0 Å². The molecule has 12 nitrogen and oxygen atoms in total. The number of nitrogens with zero attached hydrogens (tertiary/aromatic N) is 4. The van der Waals surface area contributed by atoms with Crippen molar-refractivity contribution < 1.29 is 26.4 Å². The van der Waals surface area contributed by atoms with Gasteiger partial charge in [-0.05, 0) is 49.5 Å². The van der Waals surface area contributed by atoms with Crippen LogP contribution in [-0.4, -0.2) is 114 Å². The van der Waals surface area contributed by atoms with Crippen molar-refractivity contribution in [1.82, 2.24) is 29.0 Å². The molecule has 0 aliphatic carbocycles. The van der Waals surface area contributed by atoms with Crippen molar-refractivity contribution in [3.63, 3.8) is 0 Å². The van der Waals surface area contributed by atoms with E-state index in [-0.39, 0.29) is 20.9 Å². The van der Waals surface area contributed by atoms with Crippen LogP contribution in [0.5, 0.6) is 0 Å². The summed E-state index contributed by atoms with van der Waals surface area (Å²) in [7, 11) is -3.43. The molecule has 14 heteroatoms. The second-order valence-electron chi connectivity index (χ2n) is 10.9. The van der Waals surface area contributed by atoms with Crippen LogP contribution < -0.4 is 10.6 Å². The summed E-state index contributed by atoms with van der Waals surface area (Å²) >= 11 is 0. The van der Waals surface area contributed by atoms with Gasteiger partial charge in [-0.25, -0.2) is 16.8 Å². The number of fused-ring (bicyclic) bond motifs is 1. The maximum Gasteiger partial charge on any atom is 0.258 e. The minimum Gasteiger partial charge on any atom is -0.321 e. The number of benzene rings is 2. The average Bonchev–Trinajstić information content (AvgIpc) is 3.51. The SMILES string of the molecule is CN1CCN(S(=O)(=O)c2ccc(C3=C4C(=O)NC(c5ccc(S(=O)(=O)N6CCN(C)CC6)cc5)=C4C(=O)N3)cc2)CC1. The molecule has 2 N–H and O–H groups in total. The summed E-state index contributed by atoms with van der Waals surface area (Å²) in [5.41, 5.74) is 1.91. The van der Waals surface area contributed by atoms with Crippen molar-refractivity contribution >= 4 is 43.3 Å². The second kappa shape index (κ2) is 10.7. The van der Waals surface area contributed by atoms with Gasteiger partial charge in [-0.2, -0.15) is 8.61 Å². The molecule has 0 bridgehead atoms. The van der Waals surface area contributed by atoms with Crippen molar-refractivity contribution in [2.75, 3.05) is 66.5 Å². The molecule has 4 heterocycles. The molecule has 0 spiro atoms. The molecule has 2 saturated heterocycles. The number of hydrogen-bond donors (Lipinski definition) is 2.